The lowest BCUT2D eigenvalue weighted by molar-refractivity contribution is 0.0648. The number of halogens is 1. The Morgan fingerprint density at radius 2 is 2.20 bits per heavy atom. The van der Waals surface area contributed by atoms with Gasteiger partial charge in [0.1, 0.15) is 11.5 Å². The predicted octanol–water partition coefficient (Wildman–Crippen LogP) is 2.24. The largest absolute Gasteiger partial charge is 0.332 e. The Balaban J connectivity index is 1.76. The molecule has 1 amide bonds. The number of aryl methyl sites for hydroxylation is 1. The van der Waals surface area contributed by atoms with Crippen LogP contribution in [0.2, 0.25) is 0 Å². The lowest BCUT2D eigenvalue weighted by Crippen LogP contribution is -2.52. The number of hydrogen-bond acceptors (Lipinski definition) is 3. The molecule has 0 unspecified atom stereocenters. The van der Waals surface area contributed by atoms with Crippen LogP contribution in [0.3, 0.4) is 0 Å². The average Bonchev–Trinajstić information content (AvgIpc) is 3.18. The second-order valence-electron chi connectivity index (χ2n) is 7.05. The van der Waals surface area contributed by atoms with E-state index in [1.54, 1.807) is 10.7 Å². The summed E-state index contributed by atoms with van der Waals surface area (Å²) in [6, 6.07) is 5.27. The van der Waals surface area contributed by atoms with Crippen molar-refractivity contribution in [1.82, 2.24) is 20.0 Å². The van der Waals surface area contributed by atoms with Gasteiger partial charge in [0.25, 0.3) is 5.91 Å². The molecule has 2 aliphatic rings. The van der Waals surface area contributed by atoms with Crippen LogP contribution in [0.1, 0.15) is 40.7 Å². The maximum Gasteiger partial charge on any atom is 0.274 e. The van der Waals surface area contributed by atoms with E-state index in [2.05, 4.69) is 10.4 Å². The highest BCUT2D eigenvalue weighted by Gasteiger charge is 2.32. The van der Waals surface area contributed by atoms with Crippen molar-refractivity contribution in [2.75, 3.05) is 19.6 Å². The third-order valence-corrected chi connectivity index (χ3v) is 5.23. The van der Waals surface area contributed by atoms with Crippen LogP contribution in [-0.4, -0.2) is 46.3 Å². The van der Waals surface area contributed by atoms with Crippen molar-refractivity contribution in [3.05, 3.63) is 46.5 Å². The summed E-state index contributed by atoms with van der Waals surface area (Å²) in [6.45, 7) is 6.18. The van der Waals surface area contributed by atoms with Crippen molar-refractivity contribution in [2.45, 2.75) is 39.2 Å². The summed E-state index contributed by atoms with van der Waals surface area (Å²) in [4.78, 5) is 15.0. The maximum atomic E-state index is 14.5. The SMILES string of the molecule is Cc1ccc(-n2nc(C(=O)N3CCNC[C@@H]3C)c3c2CCC3)c(F)c1. The van der Waals surface area contributed by atoms with Gasteiger partial charge in [-0.1, -0.05) is 6.07 Å². The van der Waals surface area contributed by atoms with Gasteiger partial charge in [0.2, 0.25) is 0 Å². The Hall–Kier alpha value is -2.21. The number of carbonyl (C=O) groups is 1. The van der Waals surface area contributed by atoms with Gasteiger partial charge in [-0.05, 0) is 50.8 Å². The van der Waals surface area contributed by atoms with Crippen LogP contribution in [0, 0.1) is 12.7 Å². The lowest BCUT2D eigenvalue weighted by Gasteiger charge is -2.33. The van der Waals surface area contributed by atoms with E-state index >= 15 is 0 Å². The Labute approximate surface area is 146 Å². The zero-order chi connectivity index (χ0) is 17.6. The zero-order valence-corrected chi connectivity index (χ0v) is 14.7. The van der Waals surface area contributed by atoms with E-state index in [1.165, 1.54) is 6.07 Å². The number of benzene rings is 1. The number of fused-ring (bicyclic) bond motifs is 1. The van der Waals surface area contributed by atoms with Crippen molar-refractivity contribution in [3.63, 3.8) is 0 Å². The Morgan fingerprint density at radius 3 is 2.96 bits per heavy atom. The molecule has 1 fully saturated rings. The minimum absolute atomic E-state index is 0.0292. The zero-order valence-electron chi connectivity index (χ0n) is 14.7. The second kappa shape index (κ2) is 6.26. The maximum absolute atomic E-state index is 14.5. The topological polar surface area (TPSA) is 50.2 Å². The highest BCUT2D eigenvalue weighted by molar-refractivity contribution is 5.94. The standard InChI is InChI=1S/C19H23FN4O/c1-12-6-7-17(15(20)10-12)24-16-5-3-4-14(16)18(22-24)19(25)23-9-8-21-11-13(23)2/h6-7,10,13,21H,3-5,8-9,11H2,1-2H3/t13-/m0/s1. The molecule has 1 aliphatic carbocycles. The molecule has 0 radical (unpaired) electrons. The van der Waals surface area contributed by atoms with Gasteiger partial charge in [0, 0.05) is 36.9 Å². The Morgan fingerprint density at radius 1 is 1.36 bits per heavy atom. The van der Waals surface area contributed by atoms with E-state index in [9.17, 15) is 9.18 Å². The molecule has 0 bridgehead atoms. The van der Waals surface area contributed by atoms with Gasteiger partial charge in [-0.3, -0.25) is 4.79 Å². The highest BCUT2D eigenvalue weighted by atomic mass is 19.1. The molecule has 0 saturated carbocycles. The van der Waals surface area contributed by atoms with Crippen molar-refractivity contribution >= 4 is 5.91 Å². The summed E-state index contributed by atoms with van der Waals surface area (Å²) < 4.78 is 16.1. The molecule has 1 aromatic carbocycles. The van der Waals surface area contributed by atoms with E-state index in [0.29, 0.717) is 17.9 Å². The minimum Gasteiger partial charge on any atom is -0.332 e. The van der Waals surface area contributed by atoms with Gasteiger partial charge in [-0.15, -0.1) is 0 Å². The Kier molecular flexibility index (Phi) is 4.07. The first-order valence-corrected chi connectivity index (χ1v) is 8.95. The number of nitrogens with zero attached hydrogens (tertiary/aromatic N) is 3. The molecule has 1 atom stereocenters. The van der Waals surface area contributed by atoms with Crippen LogP contribution in [-0.2, 0) is 12.8 Å². The third kappa shape index (κ3) is 2.74. The molecule has 2 aromatic rings. The first kappa shape index (κ1) is 16.3. The van der Waals surface area contributed by atoms with Crippen LogP contribution >= 0.6 is 0 Å². The normalized spacial score (nSPS) is 20.0. The minimum atomic E-state index is -0.299. The summed E-state index contributed by atoms with van der Waals surface area (Å²) in [5.41, 5.74) is 3.78. The fourth-order valence-corrected chi connectivity index (χ4v) is 3.87. The molecule has 132 valence electrons. The fraction of sp³-hybridized carbons (Fsp3) is 0.474. The molecule has 1 aromatic heterocycles. The van der Waals surface area contributed by atoms with Crippen molar-refractivity contribution in [3.8, 4) is 5.69 Å². The number of rotatable bonds is 2. The molecular weight excluding hydrogens is 319 g/mol. The van der Waals surface area contributed by atoms with Crippen molar-refractivity contribution in [2.24, 2.45) is 0 Å². The van der Waals surface area contributed by atoms with E-state index in [4.69, 9.17) is 0 Å². The van der Waals surface area contributed by atoms with Crippen LogP contribution < -0.4 is 5.32 Å². The molecular formula is C19H23FN4O. The second-order valence-corrected chi connectivity index (χ2v) is 7.05. The molecule has 1 saturated heterocycles. The first-order valence-electron chi connectivity index (χ1n) is 8.95. The quantitative estimate of drug-likeness (QED) is 0.911. The van der Waals surface area contributed by atoms with E-state index < -0.39 is 0 Å². The monoisotopic (exact) mass is 342 g/mol. The predicted molar refractivity (Wildman–Crippen MR) is 93.7 cm³/mol. The molecule has 6 heteroatoms. The van der Waals surface area contributed by atoms with Gasteiger partial charge in [-0.2, -0.15) is 5.10 Å². The number of hydrogen-bond donors (Lipinski definition) is 1. The average molecular weight is 342 g/mol. The molecule has 2 heterocycles. The molecule has 4 rings (SSSR count). The van der Waals surface area contributed by atoms with Gasteiger partial charge in [0.15, 0.2) is 5.69 Å². The molecule has 1 aliphatic heterocycles. The summed E-state index contributed by atoms with van der Waals surface area (Å²) in [5, 5.41) is 7.87. The van der Waals surface area contributed by atoms with Crippen molar-refractivity contribution < 1.29 is 9.18 Å². The lowest BCUT2D eigenvalue weighted by atomic mass is 10.1. The van der Waals surface area contributed by atoms with Gasteiger partial charge in [0.05, 0.1) is 0 Å². The van der Waals surface area contributed by atoms with Crippen molar-refractivity contribution in [1.29, 1.82) is 0 Å². The molecule has 1 N–H and O–H groups in total. The number of aromatic nitrogens is 2. The van der Waals surface area contributed by atoms with Gasteiger partial charge < -0.3 is 10.2 Å². The molecule has 0 spiro atoms. The van der Waals surface area contributed by atoms with Crippen LogP contribution in [0.25, 0.3) is 5.69 Å². The summed E-state index contributed by atoms with van der Waals surface area (Å²) in [5.74, 6) is -0.329. The summed E-state index contributed by atoms with van der Waals surface area (Å²) >= 11 is 0. The number of piperazine rings is 1. The third-order valence-electron chi connectivity index (χ3n) is 5.23. The molecule has 5 nitrogen and oxygen atoms in total. The number of nitrogens with one attached hydrogen (secondary N) is 1. The van der Waals surface area contributed by atoms with Gasteiger partial charge >= 0.3 is 0 Å². The van der Waals surface area contributed by atoms with E-state index in [1.807, 2.05) is 24.8 Å². The van der Waals surface area contributed by atoms with E-state index in [-0.39, 0.29) is 17.8 Å². The summed E-state index contributed by atoms with van der Waals surface area (Å²) in [6.07, 6.45) is 2.66. The molecule has 25 heavy (non-hydrogen) atoms. The first-order chi connectivity index (χ1) is 12.1. The van der Waals surface area contributed by atoms with E-state index in [0.717, 1.165) is 49.2 Å². The van der Waals surface area contributed by atoms with Crippen LogP contribution in [0.5, 0.6) is 0 Å². The number of amides is 1. The van der Waals surface area contributed by atoms with Crippen LogP contribution in [0.15, 0.2) is 18.2 Å². The van der Waals surface area contributed by atoms with Crippen LogP contribution in [0.4, 0.5) is 4.39 Å². The Bertz CT molecular complexity index is 829. The fourth-order valence-electron chi connectivity index (χ4n) is 3.87. The highest BCUT2D eigenvalue weighted by Crippen LogP contribution is 2.30. The smallest absolute Gasteiger partial charge is 0.274 e. The summed E-state index contributed by atoms with van der Waals surface area (Å²) in [7, 11) is 0. The van der Waals surface area contributed by atoms with Gasteiger partial charge in [-0.25, -0.2) is 9.07 Å². The number of carbonyl (C=O) groups excluding carboxylic acids is 1.